The van der Waals surface area contributed by atoms with E-state index in [1.54, 1.807) is 11.6 Å². The number of nitrogens with zero attached hydrogens (tertiary/aromatic N) is 1. The average Bonchev–Trinajstić information content (AvgIpc) is 2.72. The van der Waals surface area contributed by atoms with Crippen molar-refractivity contribution in [1.29, 1.82) is 0 Å². The molecule has 0 unspecified atom stereocenters. The summed E-state index contributed by atoms with van der Waals surface area (Å²) in [5, 5.41) is 11.7. The molecule has 0 aliphatic rings. The van der Waals surface area contributed by atoms with Crippen molar-refractivity contribution in [1.82, 2.24) is 4.98 Å². The number of anilines is 1. The van der Waals surface area contributed by atoms with E-state index in [0.29, 0.717) is 12.2 Å². The number of benzene rings is 1. The second-order valence-corrected chi connectivity index (χ2v) is 4.65. The molecule has 0 aliphatic heterocycles. The minimum absolute atomic E-state index is 0.325. The van der Waals surface area contributed by atoms with Crippen molar-refractivity contribution in [3.8, 4) is 0 Å². The highest BCUT2D eigenvalue weighted by Gasteiger charge is 2.10. The number of hydrogen-bond donors (Lipinski definition) is 2. The highest BCUT2D eigenvalue weighted by molar-refractivity contribution is 7.09. The van der Waals surface area contributed by atoms with E-state index in [0.717, 1.165) is 10.6 Å². The van der Waals surface area contributed by atoms with Gasteiger partial charge in [0.2, 0.25) is 0 Å². The van der Waals surface area contributed by atoms with Gasteiger partial charge in [-0.05, 0) is 25.1 Å². The van der Waals surface area contributed by atoms with Gasteiger partial charge in [0.15, 0.2) is 0 Å². The number of carboxylic acid groups (broad SMARTS) is 1. The summed E-state index contributed by atoms with van der Waals surface area (Å²) >= 11 is 1.52. The number of thiazole rings is 1. The van der Waals surface area contributed by atoms with Gasteiger partial charge in [0.1, 0.15) is 5.82 Å². The fraction of sp³-hybridized carbons (Fsp3) is 0.167. The maximum absolute atomic E-state index is 13.4. The molecule has 94 valence electrons. The monoisotopic (exact) mass is 266 g/mol. The van der Waals surface area contributed by atoms with Crippen LogP contribution >= 0.6 is 11.3 Å². The summed E-state index contributed by atoms with van der Waals surface area (Å²) in [6.07, 6.45) is 0. The molecule has 0 saturated heterocycles. The molecule has 0 fully saturated rings. The van der Waals surface area contributed by atoms with Crippen molar-refractivity contribution in [3.63, 3.8) is 0 Å². The Morgan fingerprint density at radius 3 is 2.89 bits per heavy atom. The van der Waals surface area contributed by atoms with E-state index < -0.39 is 11.8 Å². The molecule has 2 rings (SSSR count). The first-order chi connectivity index (χ1) is 8.58. The molecule has 0 amide bonds. The molecule has 2 aromatic rings. The van der Waals surface area contributed by atoms with E-state index in [9.17, 15) is 9.18 Å². The van der Waals surface area contributed by atoms with Gasteiger partial charge in [-0.25, -0.2) is 14.2 Å². The average molecular weight is 266 g/mol. The fourth-order valence-electron chi connectivity index (χ4n) is 1.48. The molecule has 0 aliphatic carbocycles. The highest BCUT2D eigenvalue weighted by atomic mass is 32.1. The predicted octanol–water partition coefficient (Wildman–Crippen LogP) is 2.90. The second-order valence-electron chi connectivity index (χ2n) is 3.71. The molecule has 1 aromatic carbocycles. The van der Waals surface area contributed by atoms with Crippen molar-refractivity contribution < 1.29 is 14.3 Å². The summed E-state index contributed by atoms with van der Waals surface area (Å²) in [5.74, 6) is -2.01. The topological polar surface area (TPSA) is 62.2 Å². The second kappa shape index (κ2) is 5.14. The zero-order valence-corrected chi connectivity index (χ0v) is 10.4. The molecule has 0 bridgehead atoms. The molecule has 0 atom stereocenters. The van der Waals surface area contributed by atoms with E-state index in [-0.39, 0.29) is 5.56 Å². The SMILES string of the molecule is Cc1ncsc1CNc1ccc(C(=O)O)c(F)c1. The van der Waals surface area contributed by atoms with Crippen LogP contribution in [0.4, 0.5) is 10.1 Å². The molecule has 2 N–H and O–H groups in total. The third-order valence-corrected chi connectivity index (χ3v) is 3.43. The van der Waals surface area contributed by atoms with E-state index >= 15 is 0 Å². The van der Waals surface area contributed by atoms with Gasteiger partial charge < -0.3 is 10.4 Å². The normalized spacial score (nSPS) is 10.3. The summed E-state index contributed by atoms with van der Waals surface area (Å²) in [5.41, 5.74) is 2.91. The van der Waals surface area contributed by atoms with Crippen LogP contribution in [0.5, 0.6) is 0 Å². The molecule has 1 heterocycles. The van der Waals surface area contributed by atoms with Gasteiger partial charge in [-0.15, -0.1) is 11.3 Å². The lowest BCUT2D eigenvalue weighted by Gasteiger charge is -2.06. The van der Waals surface area contributed by atoms with Crippen molar-refractivity contribution in [2.45, 2.75) is 13.5 Å². The van der Waals surface area contributed by atoms with Crippen LogP contribution in [0.25, 0.3) is 0 Å². The first-order valence-electron chi connectivity index (χ1n) is 5.23. The Kier molecular flexibility index (Phi) is 3.57. The van der Waals surface area contributed by atoms with Crippen LogP contribution in [0.2, 0.25) is 0 Å². The van der Waals surface area contributed by atoms with Gasteiger partial charge in [0, 0.05) is 10.6 Å². The molecular formula is C12H11FN2O2S. The van der Waals surface area contributed by atoms with E-state index in [1.807, 2.05) is 6.92 Å². The number of carboxylic acids is 1. The lowest BCUT2D eigenvalue weighted by molar-refractivity contribution is 0.0692. The van der Waals surface area contributed by atoms with Crippen molar-refractivity contribution in [3.05, 3.63) is 45.7 Å². The van der Waals surface area contributed by atoms with Crippen LogP contribution in [0.3, 0.4) is 0 Å². The lowest BCUT2D eigenvalue weighted by atomic mass is 10.2. The summed E-state index contributed by atoms with van der Waals surface area (Å²) in [6.45, 7) is 2.45. The largest absolute Gasteiger partial charge is 0.478 e. The summed E-state index contributed by atoms with van der Waals surface area (Å²) in [4.78, 5) is 15.8. The Hall–Kier alpha value is -1.95. The first-order valence-corrected chi connectivity index (χ1v) is 6.11. The van der Waals surface area contributed by atoms with Gasteiger partial charge in [-0.3, -0.25) is 0 Å². The molecular weight excluding hydrogens is 255 g/mol. The van der Waals surface area contributed by atoms with Crippen molar-refractivity contribution in [2.75, 3.05) is 5.32 Å². The number of aryl methyl sites for hydroxylation is 1. The molecule has 6 heteroatoms. The molecule has 1 aromatic heterocycles. The number of hydrogen-bond acceptors (Lipinski definition) is 4. The van der Waals surface area contributed by atoms with Gasteiger partial charge >= 0.3 is 5.97 Å². The van der Waals surface area contributed by atoms with Gasteiger partial charge in [0.25, 0.3) is 0 Å². The van der Waals surface area contributed by atoms with Crippen LogP contribution < -0.4 is 5.32 Å². The highest BCUT2D eigenvalue weighted by Crippen LogP contribution is 2.18. The number of aromatic nitrogens is 1. The zero-order valence-electron chi connectivity index (χ0n) is 9.61. The summed E-state index contributed by atoms with van der Waals surface area (Å²) < 4.78 is 13.4. The number of aromatic carboxylic acids is 1. The fourth-order valence-corrected chi connectivity index (χ4v) is 2.19. The minimum atomic E-state index is -1.27. The summed E-state index contributed by atoms with van der Waals surface area (Å²) in [7, 11) is 0. The van der Waals surface area contributed by atoms with Gasteiger partial charge in [-0.2, -0.15) is 0 Å². The lowest BCUT2D eigenvalue weighted by Crippen LogP contribution is -2.03. The smallest absolute Gasteiger partial charge is 0.338 e. The van der Waals surface area contributed by atoms with Crippen LogP contribution in [-0.4, -0.2) is 16.1 Å². The number of rotatable bonds is 4. The minimum Gasteiger partial charge on any atom is -0.478 e. The molecule has 0 saturated carbocycles. The molecule has 0 radical (unpaired) electrons. The number of carbonyl (C=O) groups is 1. The van der Waals surface area contributed by atoms with Crippen molar-refractivity contribution >= 4 is 23.0 Å². The summed E-state index contributed by atoms with van der Waals surface area (Å²) in [6, 6.07) is 3.97. The quantitative estimate of drug-likeness (QED) is 0.893. The molecule has 4 nitrogen and oxygen atoms in total. The molecule has 0 spiro atoms. The number of nitrogens with one attached hydrogen (secondary N) is 1. The predicted molar refractivity (Wildman–Crippen MR) is 67.5 cm³/mol. The Morgan fingerprint density at radius 2 is 2.33 bits per heavy atom. The van der Waals surface area contributed by atoms with Crippen LogP contribution in [0.1, 0.15) is 20.9 Å². The standard InChI is InChI=1S/C12H11FN2O2S/c1-7-11(18-6-15-7)5-14-8-2-3-9(12(16)17)10(13)4-8/h2-4,6,14H,5H2,1H3,(H,16,17). The van der Waals surface area contributed by atoms with Crippen LogP contribution in [0, 0.1) is 12.7 Å². The van der Waals surface area contributed by atoms with E-state index in [4.69, 9.17) is 5.11 Å². The maximum atomic E-state index is 13.4. The van der Waals surface area contributed by atoms with Crippen LogP contribution in [0.15, 0.2) is 23.7 Å². The van der Waals surface area contributed by atoms with Gasteiger partial charge in [-0.1, -0.05) is 0 Å². The van der Waals surface area contributed by atoms with Crippen LogP contribution in [-0.2, 0) is 6.54 Å². The Morgan fingerprint density at radius 1 is 1.56 bits per heavy atom. The first kappa shape index (κ1) is 12.5. The maximum Gasteiger partial charge on any atom is 0.338 e. The Labute approximate surface area is 107 Å². The third-order valence-electron chi connectivity index (χ3n) is 2.50. The van der Waals surface area contributed by atoms with E-state index in [2.05, 4.69) is 10.3 Å². The zero-order chi connectivity index (χ0) is 13.1. The van der Waals surface area contributed by atoms with Gasteiger partial charge in [0.05, 0.1) is 23.3 Å². The van der Waals surface area contributed by atoms with Crippen molar-refractivity contribution in [2.24, 2.45) is 0 Å². The Bertz CT molecular complexity index is 583. The number of halogens is 1. The van der Waals surface area contributed by atoms with E-state index in [1.165, 1.54) is 23.5 Å². The third kappa shape index (κ3) is 2.65. The molecule has 18 heavy (non-hydrogen) atoms. The Balaban J connectivity index is 2.09.